The van der Waals surface area contributed by atoms with E-state index in [2.05, 4.69) is 0 Å². The van der Waals surface area contributed by atoms with Crippen molar-refractivity contribution >= 4 is 11.9 Å². The SMILES string of the molecule is CCC(C)(C)C(=O)OCCC(C)OC(=O)C(C)(C)CC. The molecule has 1 unspecified atom stereocenters. The van der Waals surface area contributed by atoms with Crippen LogP contribution in [0.15, 0.2) is 0 Å². The van der Waals surface area contributed by atoms with Crippen LogP contribution in [0.4, 0.5) is 0 Å². The summed E-state index contributed by atoms with van der Waals surface area (Å²) in [6.07, 6.45) is 1.75. The quantitative estimate of drug-likeness (QED) is 0.638. The molecule has 0 saturated heterocycles. The lowest BCUT2D eigenvalue weighted by Crippen LogP contribution is -2.30. The lowest BCUT2D eigenvalue weighted by atomic mass is 9.90. The van der Waals surface area contributed by atoms with E-state index < -0.39 is 10.8 Å². The molecule has 0 spiro atoms. The van der Waals surface area contributed by atoms with Crippen LogP contribution in [-0.4, -0.2) is 24.6 Å². The Kier molecular flexibility index (Phi) is 7.25. The molecule has 0 aromatic heterocycles. The van der Waals surface area contributed by atoms with Crippen LogP contribution in [0.3, 0.4) is 0 Å². The van der Waals surface area contributed by atoms with E-state index in [0.717, 1.165) is 12.8 Å². The van der Waals surface area contributed by atoms with Gasteiger partial charge < -0.3 is 9.47 Å². The number of carbonyl (C=O) groups excluding carboxylic acids is 2. The van der Waals surface area contributed by atoms with Crippen molar-refractivity contribution in [1.82, 2.24) is 0 Å². The van der Waals surface area contributed by atoms with Gasteiger partial charge in [0, 0.05) is 6.42 Å². The van der Waals surface area contributed by atoms with Gasteiger partial charge in [-0.25, -0.2) is 0 Å². The van der Waals surface area contributed by atoms with Gasteiger partial charge in [-0.05, 0) is 47.5 Å². The highest BCUT2D eigenvalue weighted by atomic mass is 16.6. The Morgan fingerprint density at radius 3 is 1.85 bits per heavy atom. The Bertz CT molecular complexity index is 331. The van der Waals surface area contributed by atoms with Crippen LogP contribution in [0.1, 0.15) is 67.7 Å². The van der Waals surface area contributed by atoms with Gasteiger partial charge in [-0.1, -0.05) is 13.8 Å². The average molecular weight is 286 g/mol. The molecule has 118 valence electrons. The Morgan fingerprint density at radius 2 is 1.40 bits per heavy atom. The average Bonchev–Trinajstić information content (AvgIpc) is 2.38. The Morgan fingerprint density at radius 1 is 0.950 bits per heavy atom. The van der Waals surface area contributed by atoms with E-state index in [9.17, 15) is 9.59 Å². The maximum absolute atomic E-state index is 11.9. The Balaban J connectivity index is 4.11. The van der Waals surface area contributed by atoms with Gasteiger partial charge in [0.1, 0.15) is 6.10 Å². The number of ether oxygens (including phenoxy) is 2. The van der Waals surface area contributed by atoms with Gasteiger partial charge in [0.15, 0.2) is 0 Å². The van der Waals surface area contributed by atoms with Crippen molar-refractivity contribution in [2.45, 2.75) is 73.8 Å². The molecule has 4 nitrogen and oxygen atoms in total. The molecule has 0 rings (SSSR count). The van der Waals surface area contributed by atoms with Gasteiger partial charge in [-0.2, -0.15) is 0 Å². The van der Waals surface area contributed by atoms with Crippen LogP contribution in [0, 0.1) is 10.8 Å². The highest BCUT2D eigenvalue weighted by Gasteiger charge is 2.29. The molecule has 4 heteroatoms. The molecule has 0 aromatic carbocycles. The van der Waals surface area contributed by atoms with Crippen LogP contribution < -0.4 is 0 Å². The molecule has 0 fully saturated rings. The fourth-order valence-electron chi connectivity index (χ4n) is 1.20. The van der Waals surface area contributed by atoms with Gasteiger partial charge in [-0.3, -0.25) is 9.59 Å². The summed E-state index contributed by atoms with van der Waals surface area (Å²) in [6.45, 7) is 13.5. The normalized spacial score (nSPS) is 13.8. The summed E-state index contributed by atoms with van der Waals surface area (Å²) in [7, 11) is 0. The molecule has 0 aromatic rings. The second-order valence-electron chi connectivity index (χ2n) is 6.62. The Labute approximate surface area is 123 Å². The summed E-state index contributed by atoms with van der Waals surface area (Å²) < 4.78 is 10.6. The van der Waals surface area contributed by atoms with E-state index in [1.807, 2.05) is 48.5 Å². The van der Waals surface area contributed by atoms with Crippen molar-refractivity contribution < 1.29 is 19.1 Å². The van der Waals surface area contributed by atoms with Crippen molar-refractivity contribution in [3.63, 3.8) is 0 Å². The van der Waals surface area contributed by atoms with Crippen molar-refractivity contribution in [3.05, 3.63) is 0 Å². The summed E-state index contributed by atoms with van der Waals surface area (Å²) in [4.78, 5) is 23.7. The van der Waals surface area contributed by atoms with E-state index in [4.69, 9.17) is 9.47 Å². The summed E-state index contributed by atoms with van der Waals surface area (Å²) in [6, 6.07) is 0. The largest absolute Gasteiger partial charge is 0.465 e. The first-order valence-electron chi connectivity index (χ1n) is 7.45. The van der Waals surface area contributed by atoms with Crippen LogP contribution in [0.5, 0.6) is 0 Å². The van der Waals surface area contributed by atoms with Crippen LogP contribution >= 0.6 is 0 Å². The van der Waals surface area contributed by atoms with Crippen LogP contribution in [0.2, 0.25) is 0 Å². The number of hydrogen-bond acceptors (Lipinski definition) is 4. The molecule has 0 aliphatic rings. The van der Waals surface area contributed by atoms with Crippen molar-refractivity contribution in [2.75, 3.05) is 6.61 Å². The van der Waals surface area contributed by atoms with Crippen LogP contribution in [0.25, 0.3) is 0 Å². The highest BCUT2D eigenvalue weighted by molar-refractivity contribution is 5.76. The second-order valence-corrected chi connectivity index (χ2v) is 6.62. The smallest absolute Gasteiger partial charge is 0.311 e. The molecule has 0 bridgehead atoms. The number of carbonyl (C=O) groups is 2. The minimum atomic E-state index is -0.463. The van der Waals surface area contributed by atoms with Crippen molar-refractivity contribution in [2.24, 2.45) is 10.8 Å². The lowest BCUT2D eigenvalue weighted by Gasteiger charge is -2.24. The molecule has 0 heterocycles. The van der Waals surface area contributed by atoms with E-state index in [1.165, 1.54) is 0 Å². The van der Waals surface area contributed by atoms with Gasteiger partial charge in [-0.15, -0.1) is 0 Å². The molecule has 20 heavy (non-hydrogen) atoms. The first-order chi connectivity index (χ1) is 9.06. The third-order valence-corrected chi connectivity index (χ3v) is 3.94. The molecule has 0 saturated carbocycles. The maximum Gasteiger partial charge on any atom is 0.311 e. The summed E-state index contributed by atoms with van der Waals surface area (Å²) in [5.41, 5.74) is -0.917. The number of esters is 2. The van der Waals surface area contributed by atoms with E-state index in [1.54, 1.807) is 0 Å². The third-order valence-electron chi connectivity index (χ3n) is 3.94. The lowest BCUT2D eigenvalue weighted by molar-refractivity contribution is -0.161. The standard InChI is InChI=1S/C16H30O4/c1-8-15(4,5)13(17)19-11-10-12(3)20-14(18)16(6,7)9-2/h12H,8-11H2,1-7H3. The number of hydrogen-bond donors (Lipinski definition) is 0. The highest BCUT2D eigenvalue weighted by Crippen LogP contribution is 2.23. The van der Waals surface area contributed by atoms with Crippen LogP contribution in [-0.2, 0) is 19.1 Å². The maximum atomic E-state index is 11.9. The van der Waals surface area contributed by atoms with Gasteiger partial charge in [0.2, 0.25) is 0 Å². The third kappa shape index (κ3) is 5.93. The predicted molar refractivity (Wildman–Crippen MR) is 79.3 cm³/mol. The van der Waals surface area contributed by atoms with E-state index in [-0.39, 0.29) is 24.6 Å². The minimum Gasteiger partial charge on any atom is -0.465 e. The second kappa shape index (κ2) is 7.65. The molecule has 0 aliphatic carbocycles. The fraction of sp³-hybridized carbons (Fsp3) is 0.875. The molecule has 0 amide bonds. The van der Waals surface area contributed by atoms with E-state index in [0.29, 0.717) is 6.42 Å². The molecule has 0 N–H and O–H groups in total. The molecule has 0 radical (unpaired) electrons. The predicted octanol–water partition coefficient (Wildman–Crippen LogP) is 3.72. The van der Waals surface area contributed by atoms with Gasteiger partial charge in [0.05, 0.1) is 17.4 Å². The number of rotatable bonds is 8. The first kappa shape index (κ1) is 18.9. The zero-order chi connectivity index (χ0) is 16.0. The summed E-state index contributed by atoms with van der Waals surface area (Å²) in [5, 5.41) is 0. The van der Waals surface area contributed by atoms with Crippen molar-refractivity contribution in [1.29, 1.82) is 0 Å². The monoisotopic (exact) mass is 286 g/mol. The molecular weight excluding hydrogens is 256 g/mol. The topological polar surface area (TPSA) is 52.6 Å². The first-order valence-corrected chi connectivity index (χ1v) is 7.45. The molecule has 1 atom stereocenters. The summed E-state index contributed by atoms with van der Waals surface area (Å²) in [5.74, 6) is -0.403. The van der Waals surface area contributed by atoms with Gasteiger partial charge >= 0.3 is 11.9 Å². The minimum absolute atomic E-state index is 0.201. The zero-order valence-electron chi connectivity index (χ0n) is 14.0. The fourth-order valence-corrected chi connectivity index (χ4v) is 1.20. The molecule has 0 aliphatic heterocycles. The Hall–Kier alpha value is -1.06. The van der Waals surface area contributed by atoms with Gasteiger partial charge in [0.25, 0.3) is 0 Å². The van der Waals surface area contributed by atoms with E-state index >= 15 is 0 Å². The zero-order valence-corrected chi connectivity index (χ0v) is 14.0. The van der Waals surface area contributed by atoms with Crippen molar-refractivity contribution in [3.8, 4) is 0 Å². The molecular formula is C16H30O4. The summed E-state index contributed by atoms with van der Waals surface area (Å²) >= 11 is 0.